The molecule has 0 saturated heterocycles. The number of hydrazine groups is 1. The zero-order valence-electron chi connectivity index (χ0n) is 12.1. The summed E-state index contributed by atoms with van der Waals surface area (Å²) in [6.45, 7) is 6.28. The maximum atomic E-state index is 5.71. The van der Waals surface area contributed by atoms with Crippen molar-refractivity contribution in [2.75, 3.05) is 0 Å². The van der Waals surface area contributed by atoms with Crippen molar-refractivity contribution in [3.8, 4) is 0 Å². The lowest BCUT2D eigenvalue weighted by Crippen LogP contribution is -2.29. The second-order valence-electron chi connectivity index (χ2n) is 5.19. The molecule has 0 aliphatic rings. The number of nitrogens with one attached hydrogen (secondary N) is 1. The van der Waals surface area contributed by atoms with E-state index < -0.39 is 0 Å². The summed E-state index contributed by atoms with van der Waals surface area (Å²) in [7, 11) is 1.93. The van der Waals surface area contributed by atoms with Gasteiger partial charge in [0.05, 0.1) is 11.7 Å². The van der Waals surface area contributed by atoms with Crippen molar-refractivity contribution in [3.05, 3.63) is 52.3 Å². The Balaban J connectivity index is 2.23. The molecule has 0 fully saturated rings. The van der Waals surface area contributed by atoms with Gasteiger partial charge in [0, 0.05) is 18.8 Å². The first-order valence-electron chi connectivity index (χ1n) is 6.53. The van der Waals surface area contributed by atoms with Crippen molar-refractivity contribution in [1.29, 1.82) is 0 Å². The molecule has 19 heavy (non-hydrogen) atoms. The Morgan fingerprint density at radius 3 is 2.53 bits per heavy atom. The van der Waals surface area contributed by atoms with Crippen LogP contribution in [0.4, 0.5) is 0 Å². The first-order valence-corrected chi connectivity index (χ1v) is 6.53. The zero-order chi connectivity index (χ0) is 14.0. The van der Waals surface area contributed by atoms with Crippen LogP contribution < -0.4 is 11.3 Å². The van der Waals surface area contributed by atoms with Crippen LogP contribution in [-0.2, 0) is 13.5 Å². The summed E-state index contributed by atoms with van der Waals surface area (Å²) in [5.41, 5.74) is 9.00. The number of aromatic nitrogens is 2. The molecule has 1 atom stereocenters. The summed E-state index contributed by atoms with van der Waals surface area (Å²) in [5.74, 6) is 5.71. The van der Waals surface area contributed by atoms with Crippen molar-refractivity contribution in [3.63, 3.8) is 0 Å². The lowest BCUT2D eigenvalue weighted by molar-refractivity contribution is 0.549. The fourth-order valence-corrected chi connectivity index (χ4v) is 2.38. The molecule has 1 unspecified atom stereocenters. The van der Waals surface area contributed by atoms with Gasteiger partial charge in [-0.2, -0.15) is 5.10 Å². The van der Waals surface area contributed by atoms with E-state index in [1.807, 2.05) is 24.9 Å². The number of aryl methyl sites for hydroxylation is 4. The van der Waals surface area contributed by atoms with Crippen LogP contribution >= 0.6 is 0 Å². The molecular formula is C15H22N4. The van der Waals surface area contributed by atoms with Gasteiger partial charge in [0.2, 0.25) is 0 Å². The van der Waals surface area contributed by atoms with E-state index in [0.29, 0.717) is 0 Å². The van der Waals surface area contributed by atoms with E-state index in [-0.39, 0.29) is 6.04 Å². The minimum atomic E-state index is 0.0933. The summed E-state index contributed by atoms with van der Waals surface area (Å²) in [6, 6.07) is 6.65. The fourth-order valence-electron chi connectivity index (χ4n) is 2.38. The van der Waals surface area contributed by atoms with E-state index in [4.69, 9.17) is 5.84 Å². The van der Waals surface area contributed by atoms with Gasteiger partial charge in [-0.1, -0.05) is 18.2 Å². The van der Waals surface area contributed by atoms with Crippen LogP contribution in [0.5, 0.6) is 0 Å². The van der Waals surface area contributed by atoms with E-state index in [9.17, 15) is 0 Å². The van der Waals surface area contributed by atoms with Crippen LogP contribution in [0.1, 0.15) is 34.0 Å². The zero-order valence-corrected chi connectivity index (χ0v) is 12.1. The van der Waals surface area contributed by atoms with Crippen LogP contribution in [0, 0.1) is 20.8 Å². The van der Waals surface area contributed by atoms with Crippen LogP contribution in [0.15, 0.2) is 24.4 Å². The molecule has 0 radical (unpaired) electrons. The minimum absolute atomic E-state index is 0.0933. The topological polar surface area (TPSA) is 55.9 Å². The molecule has 0 bridgehead atoms. The molecule has 0 aliphatic carbocycles. The van der Waals surface area contributed by atoms with Crippen LogP contribution in [0.2, 0.25) is 0 Å². The van der Waals surface area contributed by atoms with Gasteiger partial charge in [0.15, 0.2) is 0 Å². The molecule has 1 aromatic heterocycles. The molecule has 0 amide bonds. The van der Waals surface area contributed by atoms with Crippen molar-refractivity contribution < 1.29 is 0 Å². The predicted octanol–water partition coefficient (Wildman–Crippen LogP) is 2.09. The highest BCUT2D eigenvalue weighted by molar-refractivity contribution is 5.32. The Morgan fingerprint density at radius 1 is 1.26 bits per heavy atom. The Labute approximate surface area is 114 Å². The summed E-state index contributed by atoms with van der Waals surface area (Å²) in [6.07, 6.45) is 2.89. The molecule has 4 nitrogen and oxygen atoms in total. The lowest BCUT2D eigenvalue weighted by atomic mass is 9.97. The molecule has 2 rings (SSSR count). The number of nitrogens with two attached hydrogens (primary N) is 1. The van der Waals surface area contributed by atoms with Gasteiger partial charge in [0.25, 0.3) is 0 Å². The average Bonchev–Trinajstić information content (AvgIpc) is 2.70. The molecule has 102 valence electrons. The highest BCUT2D eigenvalue weighted by Gasteiger charge is 2.15. The first kappa shape index (κ1) is 13.8. The Kier molecular flexibility index (Phi) is 4.02. The van der Waals surface area contributed by atoms with E-state index in [1.165, 1.54) is 16.7 Å². The number of rotatable bonds is 4. The largest absolute Gasteiger partial charge is 0.275 e. The van der Waals surface area contributed by atoms with Gasteiger partial charge in [-0.25, -0.2) is 0 Å². The third-order valence-electron chi connectivity index (χ3n) is 3.64. The molecule has 1 aromatic carbocycles. The summed E-state index contributed by atoms with van der Waals surface area (Å²) in [5, 5.41) is 4.37. The van der Waals surface area contributed by atoms with Gasteiger partial charge < -0.3 is 0 Å². The van der Waals surface area contributed by atoms with Crippen molar-refractivity contribution >= 4 is 0 Å². The molecule has 3 N–H and O–H groups in total. The first-order chi connectivity index (χ1) is 9.01. The summed E-state index contributed by atoms with van der Waals surface area (Å²) >= 11 is 0. The minimum Gasteiger partial charge on any atom is -0.275 e. The van der Waals surface area contributed by atoms with E-state index >= 15 is 0 Å². The van der Waals surface area contributed by atoms with E-state index in [0.717, 1.165) is 17.7 Å². The van der Waals surface area contributed by atoms with Gasteiger partial charge in [-0.05, 0) is 43.9 Å². The van der Waals surface area contributed by atoms with E-state index in [1.54, 1.807) is 0 Å². The highest BCUT2D eigenvalue weighted by Crippen LogP contribution is 2.21. The summed E-state index contributed by atoms with van der Waals surface area (Å²) in [4.78, 5) is 0. The van der Waals surface area contributed by atoms with Crippen LogP contribution in [0.3, 0.4) is 0 Å². The standard InChI is InChI=1S/C15H22N4/c1-10-5-6-13(7-11(10)2)8-15(17-16)14-9-19(4)18-12(14)3/h5-7,9,15,17H,8,16H2,1-4H3. The van der Waals surface area contributed by atoms with Gasteiger partial charge in [-0.15, -0.1) is 0 Å². The van der Waals surface area contributed by atoms with E-state index in [2.05, 4.69) is 42.6 Å². The van der Waals surface area contributed by atoms with Crippen molar-refractivity contribution in [2.24, 2.45) is 12.9 Å². The quantitative estimate of drug-likeness (QED) is 0.652. The van der Waals surface area contributed by atoms with Crippen LogP contribution in [0.25, 0.3) is 0 Å². The maximum absolute atomic E-state index is 5.71. The Hall–Kier alpha value is -1.65. The van der Waals surface area contributed by atoms with Gasteiger partial charge in [-0.3, -0.25) is 16.0 Å². The summed E-state index contributed by atoms with van der Waals surface area (Å²) < 4.78 is 1.83. The molecule has 0 aliphatic heterocycles. The monoisotopic (exact) mass is 258 g/mol. The van der Waals surface area contributed by atoms with Crippen molar-refractivity contribution in [2.45, 2.75) is 33.2 Å². The van der Waals surface area contributed by atoms with Gasteiger partial charge in [0.1, 0.15) is 0 Å². The predicted molar refractivity (Wildman–Crippen MR) is 77.6 cm³/mol. The lowest BCUT2D eigenvalue weighted by Gasteiger charge is -2.16. The average molecular weight is 258 g/mol. The van der Waals surface area contributed by atoms with Gasteiger partial charge >= 0.3 is 0 Å². The Bertz CT molecular complexity index is 572. The highest BCUT2D eigenvalue weighted by atomic mass is 15.3. The smallest absolute Gasteiger partial charge is 0.0642 e. The number of hydrogen-bond acceptors (Lipinski definition) is 3. The molecule has 1 heterocycles. The third kappa shape index (κ3) is 3.03. The third-order valence-corrected chi connectivity index (χ3v) is 3.64. The number of hydrogen-bond donors (Lipinski definition) is 2. The molecule has 4 heteroatoms. The SMILES string of the molecule is Cc1ccc(CC(NN)c2cn(C)nc2C)cc1C. The maximum Gasteiger partial charge on any atom is 0.0642 e. The Morgan fingerprint density at radius 2 is 2.00 bits per heavy atom. The fraction of sp³-hybridized carbons (Fsp3) is 0.400. The van der Waals surface area contributed by atoms with Crippen molar-refractivity contribution in [1.82, 2.24) is 15.2 Å². The number of benzene rings is 1. The number of nitrogens with zero attached hydrogens (tertiary/aromatic N) is 2. The molecule has 2 aromatic rings. The molecular weight excluding hydrogens is 236 g/mol. The second-order valence-corrected chi connectivity index (χ2v) is 5.19. The van der Waals surface area contributed by atoms with Crippen LogP contribution in [-0.4, -0.2) is 9.78 Å². The normalized spacial score (nSPS) is 12.7. The molecule has 0 saturated carbocycles. The second kappa shape index (κ2) is 5.55. The molecule has 0 spiro atoms.